The van der Waals surface area contributed by atoms with Gasteiger partial charge < -0.3 is 4.74 Å². The number of carbonyl (C=O) groups is 2. The molecule has 0 aromatic rings. The Bertz CT molecular complexity index is 290. The molecule has 1 unspecified atom stereocenters. The molecule has 0 radical (unpaired) electrons. The summed E-state index contributed by atoms with van der Waals surface area (Å²) in [5.41, 5.74) is -0.157. The minimum atomic E-state index is -0.466. The van der Waals surface area contributed by atoms with E-state index >= 15 is 0 Å². The third kappa shape index (κ3) is 1.87. The first-order valence-electron chi connectivity index (χ1n) is 6.40. The van der Waals surface area contributed by atoms with Crippen molar-refractivity contribution in [3.05, 3.63) is 0 Å². The molecule has 2 fully saturated rings. The van der Waals surface area contributed by atoms with Crippen molar-refractivity contribution < 1.29 is 14.3 Å². The summed E-state index contributed by atoms with van der Waals surface area (Å²) < 4.78 is 4.99. The molecular formula is C13H20O3. The number of ether oxygens (including phenoxy) is 1. The highest BCUT2D eigenvalue weighted by Crippen LogP contribution is 2.48. The summed E-state index contributed by atoms with van der Waals surface area (Å²) in [4.78, 5) is 24.1. The number of Topliss-reactive ketones (excluding diaryl/α,β-unsaturated/α-hetero) is 1. The van der Waals surface area contributed by atoms with Gasteiger partial charge in [-0.2, -0.15) is 0 Å². The highest BCUT2D eigenvalue weighted by atomic mass is 16.5. The highest BCUT2D eigenvalue weighted by molar-refractivity contribution is 6.02. The molecule has 0 amide bonds. The van der Waals surface area contributed by atoms with Gasteiger partial charge in [0.25, 0.3) is 0 Å². The van der Waals surface area contributed by atoms with E-state index in [1.807, 2.05) is 0 Å². The van der Waals surface area contributed by atoms with Crippen molar-refractivity contribution in [2.45, 2.75) is 51.9 Å². The Morgan fingerprint density at radius 2 is 1.94 bits per heavy atom. The van der Waals surface area contributed by atoms with Crippen LogP contribution in [-0.4, -0.2) is 18.4 Å². The van der Waals surface area contributed by atoms with E-state index in [1.54, 1.807) is 6.92 Å². The number of rotatable bonds is 2. The normalized spacial score (nSPS) is 28.3. The van der Waals surface area contributed by atoms with Crippen LogP contribution in [0, 0.1) is 11.3 Å². The summed E-state index contributed by atoms with van der Waals surface area (Å²) in [5, 5.41) is 0. The Labute approximate surface area is 96.5 Å². The minimum Gasteiger partial charge on any atom is -0.465 e. The molecule has 2 aliphatic carbocycles. The zero-order chi connectivity index (χ0) is 11.6. The summed E-state index contributed by atoms with van der Waals surface area (Å²) in [7, 11) is 0. The maximum absolute atomic E-state index is 12.4. The number of ketones is 1. The predicted molar refractivity (Wildman–Crippen MR) is 59.9 cm³/mol. The van der Waals surface area contributed by atoms with Crippen molar-refractivity contribution in [2.75, 3.05) is 6.61 Å². The molecule has 0 aromatic heterocycles. The summed E-state index contributed by atoms with van der Waals surface area (Å²) in [6.45, 7) is 2.16. The van der Waals surface area contributed by atoms with Crippen molar-refractivity contribution in [3.63, 3.8) is 0 Å². The van der Waals surface area contributed by atoms with Crippen LogP contribution < -0.4 is 0 Å². The van der Waals surface area contributed by atoms with Crippen molar-refractivity contribution in [1.29, 1.82) is 0 Å². The molecule has 0 heterocycles. The first kappa shape index (κ1) is 11.6. The summed E-state index contributed by atoms with van der Waals surface area (Å²) >= 11 is 0. The average Bonchev–Trinajstić information content (AvgIpc) is 2.72. The molecule has 0 saturated heterocycles. The first-order chi connectivity index (χ1) is 7.69. The lowest BCUT2D eigenvalue weighted by Gasteiger charge is -2.35. The lowest BCUT2D eigenvalue weighted by Crippen LogP contribution is -2.41. The van der Waals surface area contributed by atoms with E-state index < -0.39 is 5.92 Å². The fraction of sp³-hybridized carbons (Fsp3) is 0.846. The molecule has 2 rings (SSSR count). The van der Waals surface area contributed by atoms with E-state index in [4.69, 9.17) is 4.74 Å². The molecule has 0 bridgehead atoms. The second kappa shape index (κ2) is 4.56. The topological polar surface area (TPSA) is 43.4 Å². The Kier molecular flexibility index (Phi) is 3.31. The summed E-state index contributed by atoms with van der Waals surface area (Å²) in [6, 6.07) is 0. The molecule has 16 heavy (non-hydrogen) atoms. The van der Waals surface area contributed by atoms with E-state index in [1.165, 1.54) is 0 Å². The van der Waals surface area contributed by atoms with Crippen molar-refractivity contribution in [2.24, 2.45) is 11.3 Å². The van der Waals surface area contributed by atoms with Crippen LogP contribution in [0.5, 0.6) is 0 Å². The molecule has 3 heteroatoms. The van der Waals surface area contributed by atoms with Crippen LogP contribution >= 0.6 is 0 Å². The van der Waals surface area contributed by atoms with E-state index in [9.17, 15) is 9.59 Å². The van der Waals surface area contributed by atoms with Gasteiger partial charge in [-0.05, 0) is 32.6 Å². The maximum Gasteiger partial charge on any atom is 0.316 e. The van der Waals surface area contributed by atoms with E-state index in [0.29, 0.717) is 13.0 Å². The Balaban J connectivity index is 2.10. The molecule has 2 aliphatic rings. The van der Waals surface area contributed by atoms with Crippen LogP contribution in [0.1, 0.15) is 51.9 Å². The molecular weight excluding hydrogens is 204 g/mol. The standard InChI is InChI=1S/C13H20O3/c1-2-16-12(15)10-6-5-9-13(11(10)14)7-3-4-8-13/h10H,2-9H2,1H3. The second-order valence-electron chi connectivity index (χ2n) is 5.05. The van der Waals surface area contributed by atoms with Gasteiger partial charge in [0.05, 0.1) is 6.61 Å². The maximum atomic E-state index is 12.4. The highest BCUT2D eigenvalue weighted by Gasteiger charge is 2.48. The summed E-state index contributed by atoms with van der Waals surface area (Å²) in [6.07, 6.45) is 6.93. The zero-order valence-electron chi connectivity index (χ0n) is 9.96. The number of carbonyl (C=O) groups excluding carboxylic acids is 2. The van der Waals surface area contributed by atoms with Gasteiger partial charge in [-0.15, -0.1) is 0 Å². The third-order valence-corrected chi connectivity index (χ3v) is 4.12. The van der Waals surface area contributed by atoms with Gasteiger partial charge in [0.2, 0.25) is 0 Å². The Morgan fingerprint density at radius 3 is 2.56 bits per heavy atom. The molecule has 3 nitrogen and oxygen atoms in total. The van der Waals surface area contributed by atoms with Crippen molar-refractivity contribution in [1.82, 2.24) is 0 Å². The van der Waals surface area contributed by atoms with Gasteiger partial charge in [0.15, 0.2) is 5.78 Å². The van der Waals surface area contributed by atoms with Crippen LogP contribution in [0.4, 0.5) is 0 Å². The van der Waals surface area contributed by atoms with Crippen LogP contribution in [-0.2, 0) is 14.3 Å². The summed E-state index contributed by atoms with van der Waals surface area (Å²) in [5.74, 6) is -0.583. The van der Waals surface area contributed by atoms with Crippen LogP contribution in [0.3, 0.4) is 0 Å². The molecule has 0 aliphatic heterocycles. The quantitative estimate of drug-likeness (QED) is 0.534. The van der Waals surface area contributed by atoms with Gasteiger partial charge in [0.1, 0.15) is 5.92 Å². The second-order valence-corrected chi connectivity index (χ2v) is 5.05. The Hall–Kier alpha value is -0.860. The molecule has 0 N–H and O–H groups in total. The van der Waals surface area contributed by atoms with Crippen LogP contribution in [0.2, 0.25) is 0 Å². The number of hydrogen-bond donors (Lipinski definition) is 0. The van der Waals surface area contributed by atoms with Crippen LogP contribution in [0.25, 0.3) is 0 Å². The number of esters is 1. The van der Waals surface area contributed by atoms with Gasteiger partial charge >= 0.3 is 5.97 Å². The predicted octanol–water partition coefficient (Wildman–Crippen LogP) is 2.48. The van der Waals surface area contributed by atoms with E-state index in [0.717, 1.165) is 38.5 Å². The minimum absolute atomic E-state index is 0.157. The largest absolute Gasteiger partial charge is 0.465 e. The first-order valence-corrected chi connectivity index (χ1v) is 6.40. The molecule has 2 saturated carbocycles. The molecule has 90 valence electrons. The van der Waals surface area contributed by atoms with Crippen LogP contribution in [0.15, 0.2) is 0 Å². The molecule has 1 atom stereocenters. The SMILES string of the molecule is CCOC(=O)C1CCCC2(CCCC2)C1=O. The fourth-order valence-electron chi connectivity index (χ4n) is 3.28. The van der Waals surface area contributed by atoms with E-state index in [2.05, 4.69) is 0 Å². The van der Waals surface area contributed by atoms with Crippen molar-refractivity contribution in [3.8, 4) is 0 Å². The smallest absolute Gasteiger partial charge is 0.316 e. The lowest BCUT2D eigenvalue weighted by atomic mass is 9.67. The third-order valence-electron chi connectivity index (χ3n) is 4.12. The van der Waals surface area contributed by atoms with E-state index in [-0.39, 0.29) is 17.2 Å². The monoisotopic (exact) mass is 224 g/mol. The number of hydrogen-bond acceptors (Lipinski definition) is 3. The Morgan fingerprint density at radius 1 is 1.31 bits per heavy atom. The van der Waals surface area contributed by atoms with Gasteiger partial charge in [-0.3, -0.25) is 9.59 Å². The van der Waals surface area contributed by atoms with Gasteiger partial charge in [-0.25, -0.2) is 0 Å². The average molecular weight is 224 g/mol. The molecule has 0 aromatic carbocycles. The molecule has 1 spiro atoms. The lowest BCUT2D eigenvalue weighted by molar-refractivity contribution is -0.156. The fourth-order valence-corrected chi connectivity index (χ4v) is 3.28. The van der Waals surface area contributed by atoms with Gasteiger partial charge in [0, 0.05) is 5.41 Å². The van der Waals surface area contributed by atoms with Crippen molar-refractivity contribution >= 4 is 11.8 Å². The zero-order valence-corrected chi connectivity index (χ0v) is 9.96. The van der Waals surface area contributed by atoms with Gasteiger partial charge in [-0.1, -0.05) is 19.3 Å².